The third-order valence-electron chi connectivity index (χ3n) is 7.53. The fourth-order valence-electron chi connectivity index (χ4n) is 4.89. The van der Waals surface area contributed by atoms with Gasteiger partial charge in [-0.1, -0.05) is 116 Å². The minimum atomic E-state index is -0.343. The summed E-state index contributed by atoms with van der Waals surface area (Å²) < 4.78 is 24.1. The van der Waals surface area contributed by atoms with Gasteiger partial charge in [-0.15, -0.1) is 0 Å². The SMILES string of the molecule is CCCCCCCCOc1cc(C=O)c(OCCCCCCCC)cc1C#Cc1ccc(C2OCC(C)(C)CO2)cc1. The van der Waals surface area contributed by atoms with E-state index in [0.717, 1.165) is 48.7 Å². The first-order valence-electron chi connectivity index (χ1n) is 16.2. The van der Waals surface area contributed by atoms with Crippen LogP contribution < -0.4 is 9.47 Å². The van der Waals surface area contributed by atoms with Crippen LogP contribution in [0.2, 0.25) is 0 Å². The van der Waals surface area contributed by atoms with E-state index in [-0.39, 0.29) is 11.7 Å². The fraction of sp³-hybridized carbons (Fsp3) is 0.595. The highest BCUT2D eigenvalue weighted by Gasteiger charge is 2.29. The molecule has 0 N–H and O–H groups in total. The molecule has 1 heterocycles. The van der Waals surface area contributed by atoms with Crippen LogP contribution in [0.4, 0.5) is 0 Å². The van der Waals surface area contributed by atoms with Crippen LogP contribution in [-0.2, 0) is 9.47 Å². The Hall–Kier alpha value is -2.81. The molecule has 2 aromatic carbocycles. The van der Waals surface area contributed by atoms with E-state index in [1.165, 1.54) is 51.4 Å². The summed E-state index contributed by atoms with van der Waals surface area (Å²) in [6.07, 6.45) is 14.7. The molecule has 0 radical (unpaired) electrons. The first-order chi connectivity index (χ1) is 20.5. The lowest BCUT2D eigenvalue weighted by Crippen LogP contribution is -2.33. The van der Waals surface area contributed by atoms with E-state index in [1.54, 1.807) is 6.07 Å². The molecule has 1 aliphatic rings. The van der Waals surface area contributed by atoms with Crippen molar-refractivity contribution in [3.05, 3.63) is 58.7 Å². The zero-order chi connectivity index (χ0) is 30.0. The highest BCUT2D eigenvalue weighted by molar-refractivity contribution is 5.81. The molecular formula is C37H52O5. The first-order valence-corrected chi connectivity index (χ1v) is 16.2. The van der Waals surface area contributed by atoms with Crippen LogP contribution in [-0.4, -0.2) is 32.7 Å². The van der Waals surface area contributed by atoms with Crippen molar-refractivity contribution in [3.63, 3.8) is 0 Å². The molecule has 0 spiro atoms. The lowest BCUT2D eigenvalue weighted by molar-refractivity contribution is -0.226. The summed E-state index contributed by atoms with van der Waals surface area (Å²) in [5.41, 5.74) is 3.14. The molecule has 0 atom stereocenters. The standard InChI is InChI=1S/C37H52O5/c1-5-7-9-11-13-15-23-39-34-26-33(27-38)35(40-24-16-14-12-10-8-6-2)25-32(34)22-19-30-17-20-31(21-18-30)36-41-28-37(3,4)29-42-36/h17-18,20-21,25-27,36H,5-16,23-24,28-29H2,1-4H3. The van der Waals surface area contributed by atoms with E-state index < -0.39 is 0 Å². The Balaban J connectivity index is 1.70. The predicted molar refractivity (Wildman–Crippen MR) is 170 cm³/mol. The van der Waals surface area contributed by atoms with Gasteiger partial charge in [-0.2, -0.15) is 0 Å². The molecule has 0 aliphatic carbocycles. The number of rotatable bonds is 18. The normalized spacial score (nSPS) is 14.7. The molecule has 0 unspecified atom stereocenters. The van der Waals surface area contributed by atoms with Gasteiger partial charge in [0.15, 0.2) is 12.6 Å². The van der Waals surface area contributed by atoms with E-state index >= 15 is 0 Å². The Morgan fingerprint density at radius 3 is 1.88 bits per heavy atom. The quantitative estimate of drug-likeness (QED) is 0.100. The van der Waals surface area contributed by atoms with Crippen molar-refractivity contribution in [1.82, 2.24) is 0 Å². The molecule has 0 saturated carbocycles. The highest BCUT2D eigenvalue weighted by atomic mass is 16.7. The topological polar surface area (TPSA) is 54.0 Å². The Labute approximate surface area is 254 Å². The molecule has 42 heavy (non-hydrogen) atoms. The molecular weight excluding hydrogens is 524 g/mol. The van der Waals surface area contributed by atoms with Gasteiger partial charge in [-0.05, 0) is 31.0 Å². The molecule has 0 amide bonds. The van der Waals surface area contributed by atoms with Crippen LogP contribution in [0.1, 0.15) is 138 Å². The summed E-state index contributed by atoms with van der Waals surface area (Å²) >= 11 is 0. The number of unbranched alkanes of at least 4 members (excludes halogenated alkanes) is 10. The van der Waals surface area contributed by atoms with Crippen LogP contribution in [0.3, 0.4) is 0 Å². The maximum absolute atomic E-state index is 12.0. The third kappa shape index (κ3) is 11.8. The van der Waals surface area contributed by atoms with Crippen molar-refractivity contribution in [3.8, 4) is 23.3 Å². The number of ether oxygens (including phenoxy) is 4. The number of aldehydes is 1. The summed E-state index contributed by atoms with van der Waals surface area (Å²) in [7, 11) is 0. The first kappa shape index (κ1) is 33.7. The van der Waals surface area contributed by atoms with Crippen molar-refractivity contribution in [1.29, 1.82) is 0 Å². The zero-order valence-corrected chi connectivity index (χ0v) is 26.5. The molecule has 2 aromatic rings. The maximum atomic E-state index is 12.0. The fourth-order valence-corrected chi connectivity index (χ4v) is 4.89. The summed E-state index contributed by atoms with van der Waals surface area (Å²) in [6.45, 7) is 11.3. The van der Waals surface area contributed by atoms with Gasteiger partial charge in [0, 0.05) is 22.6 Å². The van der Waals surface area contributed by atoms with Crippen LogP contribution in [0.15, 0.2) is 36.4 Å². The summed E-state index contributed by atoms with van der Waals surface area (Å²) in [4.78, 5) is 12.0. The molecule has 0 aromatic heterocycles. The van der Waals surface area contributed by atoms with Gasteiger partial charge >= 0.3 is 0 Å². The summed E-state index contributed by atoms with van der Waals surface area (Å²) in [5.74, 6) is 7.77. The van der Waals surface area contributed by atoms with Gasteiger partial charge in [-0.25, -0.2) is 0 Å². The predicted octanol–water partition coefficient (Wildman–Crippen LogP) is 9.45. The van der Waals surface area contributed by atoms with Crippen LogP contribution >= 0.6 is 0 Å². The summed E-state index contributed by atoms with van der Waals surface area (Å²) in [6, 6.07) is 11.6. The number of hydrogen-bond acceptors (Lipinski definition) is 5. The van der Waals surface area contributed by atoms with Crippen molar-refractivity contribution in [2.24, 2.45) is 5.41 Å². The average Bonchev–Trinajstić information content (AvgIpc) is 3.00. The second kappa shape index (κ2) is 18.7. The van der Waals surface area contributed by atoms with Crippen LogP contribution in [0, 0.1) is 17.3 Å². The average molecular weight is 577 g/mol. The molecule has 0 bridgehead atoms. The monoisotopic (exact) mass is 576 g/mol. The molecule has 1 saturated heterocycles. The molecule has 5 nitrogen and oxygen atoms in total. The van der Waals surface area contributed by atoms with Crippen molar-refractivity contribution in [2.75, 3.05) is 26.4 Å². The van der Waals surface area contributed by atoms with Crippen molar-refractivity contribution in [2.45, 2.75) is 111 Å². The van der Waals surface area contributed by atoms with Gasteiger partial charge < -0.3 is 18.9 Å². The zero-order valence-electron chi connectivity index (χ0n) is 26.5. The lowest BCUT2D eigenvalue weighted by Gasteiger charge is -2.34. The van der Waals surface area contributed by atoms with E-state index in [4.69, 9.17) is 18.9 Å². The van der Waals surface area contributed by atoms with E-state index in [2.05, 4.69) is 39.5 Å². The van der Waals surface area contributed by atoms with Crippen LogP contribution in [0.5, 0.6) is 11.5 Å². The number of carbonyl (C=O) groups is 1. The van der Waals surface area contributed by atoms with Gasteiger partial charge in [0.2, 0.25) is 0 Å². The summed E-state index contributed by atoms with van der Waals surface area (Å²) in [5, 5.41) is 0. The minimum Gasteiger partial charge on any atom is -0.493 e. The second-order valence-electron chi connectivity index (χ2n) is 12.2. The van der Waals surface area contributed by atoms with Crippen molar-refractivity contribution >= 4 is 6.29 Å². The lowest BCUT2D eigenvalue weighted by atomic mass is 9.95. The number of benzene rings is 2. The molecule has 1 fully saturated rings. The minimum absolute atomic E-state index is 0.0351. The van der Waals surface area contributed by atoms with Gasteiger partial charge in [0.1, 0.15) is 11.5 Å². The van der Waals surface area contributed by atoms with Crippen LogP contribution in [0.25, 0.3) is 0 Å². The second-order valence-corrected chi connectivity index (χ2v) is 12.2. The Kier molecular flexibility index (Phi) is 15.0. The smallest absolute Gasteiger partial charge is 0.183 e. The van der Waals surface area contributed by atoms with Gasteiger partial charge in [0.25, 0.3) is 0 Å². The molecule has 1 aliphatic heterocycles. The van der Waals surface area contributed by atoms with E-state index in [1.807, 2.05) is 30.3 Å². The largest absolute Gasteiger partial charge is 0.493 e. The number of carbonyl (C=O) groups excluding carboxylic acids is 1. The van der Waals surface area contributed by atoms with Gasteiger partial charge in [0.05, 0.1) is 37.6 Å². The van der Waals surface area contributed by atoms with Crippen molar-refractivity contribution < 1.29 is 23.7 Å². The van der Waals surface area contributed by atoms with Gasteiger partial charge in [-0.3, -0.25) is 4.79 Å². The Morgan fingerprint density at radius 1 is 0.762 bits per heavy atom. The van der Waals surface area contributed by atoms with E-state index in [9.17, 15) is 4.79 Å². The third-order valence-corrected chi connectivity index (χ3v) is 7.53. The van der Waals surface area contributed by atoms with E-state index in [0.29, 0.717) is 43.5 Å². The molecule has 3 rings (SSSR count). The molecule has 5 heteroatoms. The maximum Gasteiger partial charge on any atom is 0.183 e. The Bertz CT molecular complexity index is 1120. The Morgan fingerprint density at radius 2 is 1.31 bits per heavy atom. The highest BCUT2D eigenvalue weighted by Crippen LogP contribution is 2.31. The number of hydrogen-bond donors (Lipinski definition) is 0. The molecule has 230 valence electrons.